The number of hydrogen-bond donors (Lipinski definition) is 2. The van der Waals surface area contributed by atoms with Crippen LogP contribution in [0.4, 0.5) is 0 Å². The summed E-state index contributed by atoms with van der Waals surface area (Å²) in [5.74, 6) is 0.955. The molecule has 13 heavy (non-hydrogen) atoms. The standard InChI is InChI=1S/C10H20N2S/c1-2-11-10(13)12-8-7-9-5-3-4-6-9/h9H,2-8H2,1H3,(H2,11,12,13). The Balaban J connectivity index is 1.96. The third-order valence-electron chi connectivity index (χ3n) is 2.65. The Hall–Kier alpha value is -0.310. The van der Waals surface area contributed by atoms with Crippen molar-refractivity contribution in [1.29, 1.82) is 0 Å². The quantitative estimate of drug-likeness (QED) is 0.679. The molecule has 0 aromatic heterocycles. The second kappa shape index (κ2) is 6.19. The molecule has 1 aliphatic carbocycles. The molecule has 0 aliphatic heterocycles. The van der Waals surface area contributed by atoms with Gasteiger partial charge in [0.2, 0.25) is 0 Å². The molecular formula is C10H20N2S. The number of rotatable bonds is 4. The van der Waals surface area contributed by atoms with Gasteiger partial charge in [0.1, 0.15) is 0 Å². The smallest absolute Gasteiger partial charge is 0.166 e. The van der Waals surface area contributed by atoms with Gasteiger partial charge in [-0.15, -0.1) is 0 Å². The van der Waals surface area contributed by atoms with Crippen LogP contribution in [-0.2, 0) is 0 Å². The second-order valence-corrected chi connectivity index (χ2v) is 4.13. The van der Waals surface area contributed by atoms with E-state index in [-0.39, 0.29) is 0 Å². The first-order valence-electron chi connectivity index (χ1n) is 5.34. The second-order valence-electron chi connectivity index (χ2n) is 3.73. The van der Waals surface area contributed by atoms with Crippen molar-refractivity contribution in [3.05, 3.63) is 0 Å². The van der Waals surface area contributed by atoms with Crippen LogP contribution in [0.25, 0.3) is 0 Å². The van der Waals surface area contributed by atoms with Gasteiger partial charge in [-0.3, -0.25) is 0 Å². The molecule has 0 aromatic rings. The van der Waals surface area contributed by atoms with Crippen molar-refractivity contribution in [3.8, 4) is 0 Å². The van der Waals surface area contributed by atoms with Crippen LogP contribution in [0.15, 0.2) is 0 Å². The van der Waals surface area contributed by atoms with Gasteiger partial charge in [0, 0.05) is 13.1 Å². The predicted molar refractivity (Wildman–Crippen MR) is 60.9 cm³/mol. The van der Waals surface area contributed by atoms with E-state index in [0.29, 0.717) is 0 Å². The van der Waals surface area contributed by atoms with Gasteiger partial charge in [-0.05, 0) is 31.5 Å². The molecule has 76 valence electrons. The zero-order valence-corrected chi connectivity index (χ0v) is 9.25. The molecule has 0 amide bonds. The Morgan fingerprint density at radius 2 is 2.00 bits per heavy atom. The molecule has 1 saturated carbocycles. The van der Waals surface area contributed by atoms with Gasteiger partial charge < -0.3 is 10.6 Å². The van der Waals surface area contributed by atoms with Crippen LogP contribution in [0, 0.1) is 5.92 Å². The van der Waals surface area contributed by atoms with Crippen LogP contribution in [0.3, 0.4) is 0 Å². The van der Waals surface area contributed by atoms with Crippen molar-refractivity contribution in [3.63, 3.8) is 0 Å². The van der Waals surface area contributed by atoms with Gasteiger partial charge in [0.15, 0.2) is 5.11 Å². The van der Waals surface area contributed by atoms with Gasteiger partial charge >= 0.3 is 0 Å². The summed E-state index contributed by atoms with van der Waals surface area (Å²) in [5, 5.41) is 7.13. The highest BCUT2D eigenvalue weighted by atomic mass is 32.1. The Morgan fingerprint density at radius 3 is 2.62 bits per heavy atom. The van der Waals surface area contributed by atoms with E-state index in [4.69, 9.17) is 12.2 Å². The van der Waals surface area contributed by atoms with E-state index in [2.05, 4.69) is 17.6 Å². The summed E-state index contributed by atoms with van der Waals surface area (Å²) in [7, 11) is 0. The molecule has 0 heterocycles. The van der Waals surface area contributed by atoms with Crippen molar-refractivity contribution in [2.75, 3.05) is 13.1 Å². The summed E-state index contributed by atoms with van der Waals surface area (Å²) >= 11 is 5.07. The van der Waals surface area contributed by atoms with Crippen molar-refractivity contribution >= 4 is 17.3 Å². The Labute approximate surface area is 86.5 Å². The molecule has 0 atom stereocenters. The third kappa shape index (κ3) is 4.46. The summed E-state index contributed by atoms with van der Waals surface area (Å²) in [4.78, 5) is 0. The zero-order chi connectivity index (χ0) is 9.52. The molecule has 2 nitrogen and oxygen atoms in total. The van der Waals surface area contributed by atoms with E-state index in [1.807, 2.05) is 0 Å². The zero-order valence-electron chi connectivity index (χ0n) is 8.44. The largest absolute Gasteiger partial charge is 0.363 e. The van der Waals surface area contributed by atoms with E-state index < -0.39 is 0 Å². The number of thiocarbonyl (C=S) groups is 1. The van der Waals surface area contributed by atoms with Crippen molar-refractivity contribution in [1.82, 2.24) is 10.6 Å². The minimum absolute atomic E-state index is 0.806. The minimum atomic E-state index is 0.806. The van der Waals surface area contributed by atoms with E-state index >= 15 is 0 Å². The maximum atomic E-state index is 5.07. The fourth-order valence-electron chi connectivity index (χ4n) is 1.91. The first kappa shape index (κ1) is 10.8. The molecule has 0 spiro atoms. The lowest BCUT2D eigenvalue weighted by Gasteiger charge is -2.11. The summed E-state index contributed by atoms with van der Waals surface area (Å²) < 4.78 is 0. The maximum absolute atomic E-state index is 5.07. The fourth-order valence-corrected chi connectivity index (χ4v) is 2.16. The number of hydrogen-bond acceptors (Lipinski definition) is 1. The molecular weight excluding hydrogens is 180 g/mol. The molecule has 0 aromatic carbocycles. The minimum Gasteiger partial charge on any atom is -0.363 e. The SMILES string of the molecule is CCNC(=S)NCCC1CCCC1. The van der Waals surface area contributed by atoms with Crippen LogP contribution >= 0.6 is 12.2 Å². The van der Waals surface area contributed by atoms with Gasteiger partial charge in [-0.2, -0.15) is 0 Å². The van der Waals surface area contributed by atoms with Gasteiger partial charge in [0.25, 0.3) is 0 Å². The Bertz CT molecular complexity index is 153. The average Bonchev–Trinajstić information content (AvgIpc) is 2.57. The van der Waals surface area contributed by atoms with Crippen LogP contribution in [0.2, 0.25) is 0 Å². The van der Waals surface area contributed by atoms with Crippen LogP contribution in [-0.4, -0.2) is 18.2 Å². The van der Waals surface area contributed by atoms with Crippen LogP contribution in [0.1, 0.15) is 39.0 Å². The maximum Gasteiger partial charge on any atom is 0.166 e. The van der Waals surface area contributed by atoms with E-state index in [1.54, 1.807) is 0 Å². The van der Waals surface area contributed by atoms with Crippen molar-refractivity contribution < 1.29 is 0 Å². The summed E-state index contributed by atoms with van der Waals surface area (Å²) in [5.41, 5.74) is 0. The molecule has 0 radical (unpaired) electrons. The van der Waals surface area contributed by atoms with E-state index in [0.717, 1.165) is 24.1 Å². The van der Waals surface area contributed by atoms with E-state index in [9.17, 15) is 0 Å². The summed E-state index contributed by atoms with van der Waals surface area (Å²) in [6, 6.07) is 0. The van der Waals surface area contributed by atoms with Crippen molar-refractivity contribution in [2.24, 2.45) is 5.92 Å². The van der Waals surface area contributed by atoms with E-state index in [1.165, 1.54) is 32.1 Å². The third-order valence-corrected chi connectivity index (χ3v) is 2.94. The van der Waals surface area contributed by atoms with Crippen LogP contribution < -0.4 is 10.6 Å². The molecule has 3 heteroatoms. The highest BCUT2D eigenvalue weighted by Gasteiger charge is 2.13. The lowest BCUT2D eigenvalue weighted by atomic mass is 10.0. The van der Waals surface area contributed by atoms with Crippen LogP contribution in [0.5, 0.6) is 0 Å². The molecule has 0 bridgehead atoms. The summed E-state index contributed by atoms with van der Waals surface area (Å²) in [6.45, 7) is 4.01. The highest BCUT2D eigenvalue weighted by Crippen LogP contribution is 2.26. The first-order chi connectivity index (χ1) is 6.33. The molecule has 1 aliphatic rings. The molecule has 0 saturated heterocycles. The fraction of sp³-hybridized carbons (Fsp3) is 0.900. The lowest BCUT2D eigenvalue weighted by Crippen LogP contribution is -2.35. The van der Waals surface area contributed by atoms with Gasteiger partial charge in [-0.1, -0.05) is 25.7 Å². The number of nitrogens with one attached hydrogen (secondary N) is 2. The Morgan fingerprint density at radius 1 is 1.31 bits per heavy atom. The molecule has 1 rings (SSSR count). The monoisotopic (exact) mass is 200 g/mol. The molecule has 2 N–H and O–H groups in total. The Kier molecular flexibility index (Phi) is 5.13. The molecule has 0 unspecified atom stereocenters. The lowest BCUT2D eigenvalue weighted by molar-refractivity contribution is 0.499. The predicted octanol–water partition coefficient (Wildman–Crippen LogP) is 2.05. The van der Waals surface area contributed by atoms with Gasteiger partial charge in [0.05, 0.1) is 0 Å². The normalized spacial score (nSPS) is 17.3. The summed E-state index contributed by atoms with van der Waals surface area (Å²) in [6.07, 6.45) is 7.00. The topological polar surface area (TPSA) is 24.1 Å². The average molecular weight is 200 g/mol. The molecule has 1 fully saturated rings. The van der Waals surface area contributed by atoms with Gasteiger partial charge in [-0.25, -0.2) is 0 Å². The first-order valence-corrected chi connectivity index (χ1v) is 5.75. The highest BCUT2D eigenvalue weighted by molar-refractivity contribution is 7.80. The van der Waals surface area contributed by atoms with Crippen molar-refractivity contribution in [2.45, 2.75) is 39.0 Å².